The molecule has 164 valence electrons. The van der Waals surface area contributed by atoms with Crippen LogP contribution in [0.1, 0.15) is 63.8 Å². The molecule has 1 aliphatic heterocycles. The fourth-order valence-corrected chi connectivity index (χ4v) is 3.56. The van der Waals surface area contributed by atoms with Gasteiger partial charge in [-0.25, -0.2) is 9.18 Å². The first-order valence-electron chi connectivity index (χ1n) is 10.2. The minimum absolute atomic E-state index is 0.117. The van der Waals surface area contributed by atoms with E-state index in [1.807, 2.05) is 53.7 Å². The molecule has 0 saturated carbocycles. The first-order valence-corrected chi connectivity index (χ1v) is 10.2. The van der Waals surface area contributed by atoms with E-state index in [1.165, 1.54) is 6.07 Å². The number of urea groups is 1. The number of phenols is 1. The van der Waals surface area contributed by atoms with Crippen molar-refractivity contribution in [2.45, 2.75) is 58.9 Å². The summed E-state index contributed by atoms with van der Waals surface area (Å²) in [6, 6.07) is 9.12. The summed E-state index contributed by atoms with van der Waals surface area (Å²) in [5, 5.41) is 13.5. The fourth-order valence-electron chi connectivity index (χ4n) is 3.56. The van der Waals surface area contributed by atoms with Crippen molar-refractivity contribution in [3.63, 3.8) is 0 Å². The van der Waals surface area contributed by atoms with Crippen molar-refractivity contribution < 1.29 is 19.1 Å². The van der Waals surface area contributed by atoms with Crippen LogP contribution in [-0.4, -0.2) is 21.9 Å². The highest BCUT2D eigenvalue weighted by Crippen LogP contribution is 2.40. The van der Waals surface area contributed by atoms with Gasteiger partial charge < -0.3 is 10.4 Å². The van der Waals surface area contributed by atoms with Gasteiger partial charge in [-0.15, -0.1) is 0 Å². The van der Waals surface area contributed by atoms with Gasteiger partial charge >= 0.3 is 6.03 Å². The van der Waals surface area contributed by atoms with Crippen LogP contribution in [0.5, 0.6) is 5.75 Å². The normalized spacial score (nSPS) is 16.2. The van der Waals surface area contributed by atoms with E-state index in [0.717, 1.165) is 16.0 Å². The Labute approximate surface area is 182 Å². The van der Waals surface area contributed by atoms with Gasteiger partial charge in [-0.1, -0.05) is 59.7 Å². The average Bonchev–Trinajstić information content (AvgIpc) is 2.90. The van der Waals surface area contributed by atoms with E-state index >= 15 is 0 Å². The molecule has 0 unspecified atom stereocenters. The highest BCUT2D eigenvalue weighted by atomic mass is 19.1. The highest BCUT2D eigenvalue weighted by Gasteiger charge is 2.34. The fraction of sp³-hybridized carbons (Fsp3) is 0.360. The molecule has 0 atom stereocenters. The number of nitrogens with zero attached hydrogens (tertiary/aromatic N) is 1. The Morgan fingerprint density at radius 2 is 1.55 bits per heavy atom. The van der Waals surface area contributed by atoms with Crippen LogP contribution in [0.25, 0.3) is 6.08 Å². The number of carbonyl (C=O) groups is 2. The highest BCUT2D eigenvalue weighted by molar-refractivity contribution is 6.13. The Morgan fingerprint density at radius 1 is 1.00 bits per heavy atom. The monoisotopic (exact) mass is 424 g/mol. The van der Waals surface area contributed by atoms with E-state index in [9.17, 15) is 19.1 Å². The smallest absolute Gasteiger partial charge is 0.329 e. The third-order valence-electron chi connectivity index (χ3n) is 5.31. The first kappa shape index (κ1) is 22.5. The minimum Gasteiger partial charge on any atom is -0.507 e. The number of aromatic hydroxyl groups is 1. The second-order valence-electron chi connectivity index (χ2n) is 9.94. The molecule has 0 spiro atoms. The molecule has 2 aromatic rings. The molecule has 2 N–H and O–H groups in total. The van der Waals surface area contributed by atoms with Crippen molar-refractivity contribution in [3.8, 4) is 5.75 Å². The zero-order valence-corrected chi connectivity index (χ0v) is 18.8. The summed E-state index contributed by atoms with van der Waals surface area (Å²) in [7, 11) is 0. The van der Waals surface area contributed by atoms with E-state index in [0.29, 0.717) is 5.56 Å². The quantitative estimate of drug-likeness (QED) is 0.524. The van der Waals surface area contributed by atoms with E-state index in [-0.39, 0.29) is 34.4 Å². The lowest BCUT2D eigenvalue weighted by atomic mass is 9.78. The maximum Gasteiger partial charge on any atom is 0.329 e. The second-order valence-corrected chi connectivity index (χ2v) is 9.94. The van der Waals surface area contributed by atoms with Gasteiger partial charge in [-0.05, 0) is 40.7 Å². The number of imide groups is 1. The van der Waals surface area contributed by atoms with Crippen LogP contribution in [0, 0.1) is 5.82 Å². The van der Waals surface area contributed by atoms with Crippen LogP contribution in [0.15, 0.2) is 42.1 Å². The van der Waals surface area contributed by atoms with Crippen LogP contribution in [0.2, 0.25) is 0 Å². The van der Waals surface area contributed by atoms with Crippen molar-refractivity contribution in [3.05, 3.63) is 70.2 Å². The van der Waals surface area contributed by atoms with E-state index < -0.39 is 17.8 Å². The molecule has 1 fully saturated rings. The average molecular weight is 425 g/mol. The maximum absolute atomic E-state index is 14.0. The molecule has 6 heteroatoms. The number of benzene rings is 2. The molecule has 1 saturated heterocycles. The SMILES string of the molecule is CC(C)(C)c1cc(/C=C2/NC(=O)N(Cc3ccccc3F)C2=O)cc(C(C)(C)C)c1O. The van der Waals surface area contributed by atoms with E-state index in [2.05, 4.69) is 5.32 Å². The molecule has 0 radical (unpaired) electrons. The summed E-state index contributed by atoms with van der Waals surface area (Å²) in [5.74, 6) is -0.746. The number of carbonyl (C=O) groups excluding carboxylic acids is 2. The molecular weight excluding hydrogens is 395 g/mol. The van der Waals surface area contributed by atoms with Crippen LogP contribution >= 0.6 is 0 Å². The van der Waals surface area contributed by atoms with Crippen molar-refractivity contribution in [2.75, 3.05) is 0 Å². The summed E-state index contributed by atoms with van der Waals surface area (Å²) in [6.45, 7) is 11.9. The van der Waals surface area contributed by atoms with Gasteiger partial charge in [0.25, 0.3) is 5.91 Å². The van der Waals surface area contributed by atoms with Gasteiger partial charge in [0.15, 0.2) is 0 Å². The number of rotatable bonds is 3. The first-order chi connectivity index (χ1) is 14.3. The van der Waals surface area contributed by atoms with Crippen LogP contribution in [0.3, 0.4) is 0 Å². The number of hydrogen-bond donors (Lipinski definition) is 2. The Hall–Kier alpha value is -3.15. The van der Waals surface area contributed by atoms with E-state index in [1.54, 1.807) is 24.3 Å². The number of phenolic OH excluding ortho intramolecular Hbond substituents is 1. The molecule has 0 aromatic heterocycles. The Bertz CT molecular complexity index is 1040. The summed E-state index contributed by atoms with van der Waals surface area (Å²) in [6.07, 6.45) is 1.60. The lowest BCUT2D eigenvalue weighted by Gasteiger charge is -2.28. The third-order valence-corrected chi connectivity index (χ3v) is 5.31. The molecular formula is C25H29FN2O3. The number of nitrogens with one attached hydrogen (secondary N) is 1. The molecule has 3 amide bonds. The molecule has 1 heterocycles. The van der Waals surface area contributed by atoms with Crippen molar-refractivity contribution >= 4 is 18.0 Å². The molecule has 2 aromatic carbocycles. The molecule has 31 heavy (non-hydrogen) atoms. The predicted octanol–water partition coefficient (Wildman–Crippen LogP) is 5.22. The molecule has 0 bridgehead atoms. The number of halogens is 1. The largest absolute Gasteiger partial charge is 0.507 e. The Kier molecular flexibility index (Phi) is 5.70. The lowest BCUT2D eigenvalue weighted by Crippen LogP contribution is -2.30. The van der Waals surface area contributed by atoms with Gasteiger partial charge in [0.1, 0.15) is 17.3 Å². The van der Waals surface area contributed by atoms with Crippen molar-refractivity contribution in [1.82, 2.24) is 10.2 Å². The number of amides is 3. The molecule has 5 nitrogen and oxygen atoms in total. The van der Waals surface area contributed by atoms with Gasteiger partial charge in [-0.3, -0.25) is 9.69 Å². The van der Waals surface area contributed by atoms with Crippen LogP contribution in [0.4, 0.5) is 9.18 Å². The minimum atomic E-state index is -0.592. The Morgan fingerprint density at radius 3 is 2.06 bits per heavy atom. The predicted molar refractivity (Wildman–Crippen MR) is 119 cm³/mol. The van der Waals surface area contributed by atoms with Gasteiger partial charge in [0.05, 0.1) is 6.54 Å². The summed E-state index contributed by atoms with van der Waals surface area (Å²) < 4.78 is 14.0. The zero-order chi connectivity index (χ0) is 23.1. The lowest BCUT2D eigenvalue weighted by molar-refractivity contribution is -0.123. The van der Waals surface area contributed by atoms with Gasteiger partial charge in [-0.2, -0.15) is 0 Å². The Balaban J connectivity index is 2.01. The van der Waals surface area contributed by atoms with Crippen LogP contribution in [-0.2, 0) is 22.2 Å². The number of hydrogen-bond acceptors (Lipinski definition) is 3. The van der Waals surface area contributed by atoms with Crippen LogP contribution < -0.4 is 5.32 Å². The van der Waals surface area contributed by atoms with Gasteiger partial charge in [0.2, 0.25) is 0 Å². The summed E-state index contributed by atoms with van der Waals surface area (Å²) >= 11 is 0. The molecule has 3 rings (SSSR count). The second kappa shape index (κ2) is 7.84. The maximum atomic E-state index is 14.0. The van der Waals surface area contributed by atoms with Gasteiger partial charge in [0, 0.05) is 16.7 Å². The standard InChI is InChI=1S/C25H29FN2O3/c1-24(2,3)17-11-15(12-18(21(17)29)25(4,5)6)13-20-22(30)28(23(31)27-20)14-16-9-7-8-10-19(16)26/h7-13,29H,14H2,1-6H3,(H,27,31)/b20-13+. The molecule has 1 aliphatic rings. The summed E-state index contributed by atoms with van der Waals surface area (Å²) in [5.41, 5.74) is 1.95. The molecule has 0 aliphatic carbocycles. The topological polar surface area (TPSA) is 69.6 Å². The van der Waals surface area contributed by atoms with E-state index in [4.69, 9.17) is 0 Å². The van der Waals surface area contributed by atoms with Crippen molar-refractivity contribution in [2.24, 2.45) is 0 Å². The third kappa shape index (κ3) is 4.63. The van der Waals surface area contributed by atoms with Crippen molar-refractivity contribution in [1.29, 1.82) is 0 Å². The zero-order valence-electron chi connectivity index (χ0n) is 18.8. The summed E-state index contributed by atoms with van der Waals surface area (Å²) in [4.78, 5) is 26.3.